The first-order valence-corrected chi connectivity index (χ1v) is 8.71. The molecule has 8 nitrogen and oxygen atoms in total. The third kappa shape index (κ3) is 3.77. The number of nitrogens with two attached hydrogens (primary N) is 1. The maximum atomic E-state index is 10.8. The van der Waals surface area contributed by atoms with E-state index in [0.29, 0.717) is 23.9 Å². The number of primary amides is 1. The van der Waals surface area contributed by atoms with Crippen LogP contribution in [-0.2, 0) is 24.0 Å². The van der Waals surface area contributed by atoms with Gasteiger partial charge in [-0.3, -0.25) is 4.79 Å². The fraction of sp³-hybridized carbons (Fsp3) is 0.308. The van der Waals surface area contributed by atoms with Crippen LogP contribution >= 0.6 is 23.1 Å². The zero-order valence-electron chi connectivity index (χ0n) is 12.3. The first-order chi connectivity index (χ1) is 11.1. The van der Waals surface area contributed by atoms with Crippen LogP contribution < -0.4 is 5.73 Å². The standard InChI is InChI=1S/C13H14N6O2S2/c1-19-10(3-2-9(14)20)16-17-13(19)23-7-11-15-12(18-21-11)8-4-5-22-6-8/h4-6H,2-3,7H2,1H3,(H2,14,20). The van der Waals surface area contributed by atoms with E-state index in [4.69, 9.17) is 10.3 Å². The van der Waals surface area contributed by atoms with Gasteiger partial charge >= 0.3 is 0 Å². The Bertz CT molecular complexity index is 795. The molecule has 0 aliphatic rings. The number of aryl methyl sites for hydroxylation is 1. The highest BCUT2D eigenvalue weighted by molar-refractivity contribution is 7.98. The van der Waals surface area contributed by atoms with E-state index in [0.717, 1.165) is 16.5 Å². The van der Waals surface area contributed by atoms with E-state index in [1.165, 1.54) is 11.8 Å². The summed E-state index contributed by atoms with van der Waals surface area (Å²) >= 11 is 3.03. The molecule has 0 bridgehead atoms. The molecule has 0 saturated heterocycles. The van der Waals surface area contributed by atoms with Crippen molar-refractivity contribution in [2.45, 2.75) is 23.8 Å². The Morgan fingerprint density at radius 2 is 2.35 bits per heavy atom. The lowest BCUT2D eigenvalue weighted by Crippen LogP contribution is -2.12. The Morgan fingerprint density at radius 3 is 3.09 bits per heavy atom. The number of amides is 1. The number of thiophene rings is 1. The molecule has 10 heteroatoms. The Labute approximate surface area is 140 Å². The second-order valence-corrected chi connectivity index (χ2v) is 6.46. The molecule has 0 aliphatic carbocycles. The van der Waals surface area contributed by atoms with E-state index in [1.54, 1.807) is 11.3 Å². The van der Waals surface area contributed by atoms with Crippen molar-refractivity contribution in [3.05, 3.63) is 28.5 Å². The van der Waals surface area contributed by atoms with Crippen molar-refractivity contribution < 1.29 is 9.32 Å². The Morgan fingerprint density at radius 1 is 1.48 bits per heavy atom. The zero-order chi connectivity index (χ0) is 16.2. The van der Waals surface area contributed by atoms with Gasteiger partial charge in [-0.15, -0.1) is 10.2 Å². The molecule has 0 spiro atoms. The molecule has 120 valence electrons. The maximum Gasteiger partial charge on any atom is 0.237 e. The van der Waals surface area contributed by atoms with E-state index < -0.39 is 0 Å². The monoisotopic (exact) mass is 350 g/mol. The minimum Gasteiger partial charge on any atom is -0.370 e. The van der Waals surface area contributed by atoms with E-state index in [1.807, 2.05) is 28.4 Å². The molecule has 3 aromatic heterocycles. The van der Waals surface area contributed by atoms with Crippen LogP contribution in [0.5, 0.6) is 0 Å². The van der Waals surface area contributed by atoms with Crippen molar-refractivity contribution in [2.24, 2.45) is 12.8 Å². The van der Waals surface area contributed by atoms with Crippen LogP contribution in [0, 0.1) is 0 Å². The molecule has 0 atom stereocenters. The smallest absolute Gasteiger partial charge is 0.237 e. The number of carbonyl (C=O) groups is 1. The third-order valence-corrected chi connectivity index (χ3v) is 4.78. The van der Waals surface area contributed by atoms with Crippen molar-refractivity contribution in [3.8, 4) is 11.4 Å². The minimum absolute atomic E-state index is 0.254. The zero-order valence-corrected chi connectivity index (χ0v) is 13.9. The maximum absolute atomic E-state index is 10.8. The van der Waals surface area contributed by atoms with E-state index in [9.17, 15) is 4.79 Å². The Hall–Kier alpha value is -2.20. The fourth-order valence-corrected chi connectivity index (χ4v) is 3.27. The van der Waals surface area contributed by atoms with Crippen LogP contribution in [0.4, 0.5) is 0 Å². The summed E-state index contributed by atoms with van der Waals surface area (Å²) in [5.41, 5.74) is 6.09. The highest BCUT2D eigenvalue weighted by Crippen LogP contribution is 2.23. The molecular formula is C13H14N6O2S2. The third-order valence-electron chi connectivity index (χ3n) is 3.09. The summed E-state index contributed by atoms with van der Waals surface area (Å²) in [7, 11) is 1.85. The summed E-state index contributed by atoms with van der Waals surface area (Å²) < 4.78 is 7.08. The van der Waals surface area contributed by atoms with Gasteiger partial charge in [0.1, 0.15) is 5.82 Å². The highest BCUT2D eigenvalue weighted by Gasteiger charge is 2.13. The molecule has 0 unspecified atom stereocenters. The summed E-state index contributed by atoms with van der Waals surface area (Å²) in [4.78, 5) is 15.2. The lowest BCUT2D eigenvalue weighted by molar-refractivity contribution is -0.118. The molecule has 0 aromatic carbocycles. The number of carbonyl (C=O) groups excluding carboxylic acids is 1. The van der Waals surface area contributed by atoms with Gasteiger partial charge in [0.15, 0.2) is 5.16 Å². The topological polar surface area (TPSA) is 113 Å². The molecule has 0 fully saturated rings. The summed E-state index contributed by atoms with van der Waals surface area (Å²) in [5.74, 6) is 1.98. The molecule has 2 N–H and O–H groups in total. The van der Waals surface area contributed by atoms with Gasteiger partial charge in [-0.1, -0.05) is 16.9 Å². The van der Waals surface area contributed by atoms with Gasteiger partial charge in [0.05, 0.1) is 5.75 Å². The molecular weight excluding hydrogens is 336 g/mol. The second-order valence-electron chi connectivity index (χ2n) is 4.74. The molecule has 3 heterocycles. The van der Waals surface area contributed by atoms with Gasteiger partial charge in [-0.05, 0) is 11.4 Å². The van der Waals surface area contributed by atoms with Gasteiger partial charge < -0.3 is 14.8 Å². The fourth-order valence-electron chi connectivity index (χ4n) is 1.87. The Kier molecular flexibility index (Phi) is 4.72. The first-order valence-electron chi connectivity index (χ1n) is 6.78. The van der Waals surface area contributed by atoms with Crippen LogP contribution in [0.1, 0.15) is 18.1 Å². The number of aromatic nitrogens is 5. The van der Waals surface area contributed by atoms with Crippen LogP contribution in [0.15, 0.2) is 26.5 Å². The predicted octanol–water partition coefficient (Wildman–Crippen LogP) is 1.64. The van der Waals surface area contributed by atoms with Crippen molar-refractivity contribution in [3.63, 3.8) is 0 Å². The SMILES string of the molecule is Cn1c(CCC(N)=O)nnc1SCc1nc(-c2ccsc2)no1. The first kappa shape index (κ1) is 15.7. The quantitative estimate of drug-likeness (QED) is 0.644. The molecule has 3 aromatic rings. The van der Waals surface area contributed by atoms with Crippen molar-refractivity contribution in [1.29, 1.82) is 0 Å². The van der Waals surface area contributed by atoms with Gasteiger partial charge in [0.2, 0.25) is 17.6 Å². The summed E-state index contributed by atoms with van der Waals surface area (Å²) in [6.45, 7) is 0. The lowest BCUT2D eigenvalue weighted by atomic mass is 10.3. The minimum atomic E-state index is -0.353. The van der Waals surface area contributed by atoms with Gasteiger partial charge in [-0.25, -0.2) is 0 Å². The summed E-state index contributed by atoms with van der Waals surface area (Å²) in [6, 6.07) is 1.94. The van der Waals surface area contributed by atoms with Gasteiger partial charge in [0.25, 0.3) is 0 Å². The van der Waals surface area contributed by atoms with E-state index >= 15 is 0 Å². The summed E-state index contributed by atoms with van der Waals surface area (Å²) in [5, 5.41) is 16.8. The molecule has 0 aliphatic heterocycles. The number of nitrogens with zero attached hydrogens (tertiary/aromatic N) is 5. The van der Waals surface area contributed by atoms with Crippen molar-refractivity contribution in [2.75, 3.05) is 0 Å². The van der Waals surface area contributed by atoms with Crippen molar-refractivity contribution >= 4 is 29.0 Å². The molecule has 0 radical (unpaired) electrons. The molecule has 0 saturated carbocycles. The van der Waals surface area contributed by atoms with Crippen LogP contribution in [0.2, 0.25) is 0 Å². The van der Waals surface area contributed by atoms with E-state index in [-0.39, 0.29) is 12.3 Å². The molecule has 3 rings (SSSR count). The average molecular weight is 350 g/mol. The number of hydrogen-bond donors (Lipinski definition) is 1. The van der Waals surface area contributed by atoms with Crippen LogP contribution in [-0.4, -0.2) is 30.8 Å². The average Bonchev–Trinajstić information content (AvgIpc) is 3.25. The molecule has 1 amide bonds. The van der Waals surface area contributed by atoms with Crippen LogP contribution in [0.25, 0.3) is 11.4 Å². The second kappa shape index (κ2) is 6.92. The van der Waals surface area contributed by atoms with E-state index in [2.05, 4.69) is 20.3 Å². The van der Waals surface area contributed by atoms with Crippen LogP contribution in [0.3, 0.4) is 0 Å². The Balaban J connectivity index is 1.61. The number of hydrogen-bond acceptors (Lipinski definition) is 8. The highest BCUT2D eigenvalue weighted by atomic mass is 32.2. The predicted molar refractivity (Wildman–Crippen MR) is 85.7 cm³/mol. The largest absolute Gasteiger partial charge is 0.370 e. The normalized spacial score (nSPS) is 11.0. The van der Waals surface area contributed by atoms with Gasteiger partial charge in [0, 0.05) is 30.8 Å². The number of rotatable bonds is 7. The number of thioether (sulfide) groups is 1. The summed E-state index contributed by atoms with van der Waals surface area (Å²) in [6.07, 6.45) is 0.729. The van der Waals surface area contributed by atoms with Crippen molar-refractivity contribution in [1.82, 2.24) is 24.9 Å². The molecule has 23 heavy (non-hydrogen) atoms. The lowest BCUT2D eigenvalue weighted by Gasteiger charge is -2.01. The van der Waals surface area contributed by atoms with Gasteiger partial charge in [-0.2, -0.15) is 16.3 Å².